The van der Waals surface area contributed by atoms with Crippen molar-refractivity contribution in [2.45, 2.75) is 6.36 Å². The van der Waals surface area contributed by atoms with Crippen molar-refractivity contribution in [3.05, 3.63) is 72.7 Å². The van der Waals surface area contributed by atoms with Crippen molar-refractivity contribution in [2.75, 3.05) is 5.32 Å². The third-order valence-electron chi connectivity index (χ3n) is 3.89. The molecule has 0 saturated heterocycles. The molecule has 3 heterocycles. The number of alkyl halides is 3. The summed E-state index contributed by atoms with van der Waals surface area (Å²) in [5.41, 5.74) is 0.759. The number of carbonyl (C=O) groups is 1. The van der Waals surface area contributed by atoms with E-state index in [9.17, 15) is 18.0 Å². The molecule has 1 N–H and O–H groups in total. The fourth-order valence-electron chi connectivity index (χ4n) is 2.68. The van der Waals surface area contributed by atoms with E-state index >= 15 is 0 Å². The van der Waals surface area contributed by atoms with Gasteiger partial charge in [-0.2, -0.15) is 5.10 Å². The Morgan fingerprint density at radius 3 is 2.55 bits per heavy atom. The van der Waals surface area contributed by atoms with Gasteiger partial charge in [0.25, 0.3) is 5.91 Å². The number of pyridine rings is 1. The van der Waals surface area contributed by atoms with Crippen LogP contribution in [-0.2, 0) is 0 Å². The van der Waals surface area contributed by atoms with Crippen LogP contribution in [0, 0.1) is 0 Å². The van der Waals surface area contributed by atoms with Gasteiger partial charge in [-0.25, -0.2) is 14.5 Å². The summed E-state index contributed by atoms with van der Waals surface area (Å²) < 4.78 is 43.4. The van der Waals surface area contributed by atoms with Gasteiger partial charge in [0.15, 0.2) is 11.3 Å². The standard InChI is InChI=1S/C19H12F3N5O2/c20-19(21,22)29-15-6-2-1-5-12(15)13-8-9-17-24-11-14(27(17)26-13)18(28)25-16-7-3-4-10-23-16/h1-11H,(H,23,25,28). The normalized spacial score (nSPS) is 11.4. The van der Waals surface area contributed by atoms with Crippen molar-refractivity contribution in [3.8, 4) is 17.0 Å². The van der Waals surface area contributed by atoms with Gasteiger partial charge in [0.2, 0.25) is 0 Å². The highest BCUT2D eigenvalue weighted by molar-refractivity contribution is 6.02. The Labute approximate surface area is 161 Å². The van der Waals surface area contributed by atoms with Crippen LogP contribution < -0.4 is 10.1 Å². The average Bonchev–Trinajstić information content (AvgIpc) is 3.11. The summed E-state index contributed by atoms with van der Waals surface area (Å²) in [7, 11) is 0. The zero-order valence-electron chi connectivity index (χ0n) is 14.6. The fraction of sp³-hybridized carbons (Fsp3) is 0.0526. The molecule has 0 spiro atoms. The molecule has 1 amide bonds. The van der Waals surface area contributed by atoms with Gasteiger partial charge in [-0.05, 0) is 36.4 Å². The molecule has 3 aromatic heterocycles. The molecule has 0 aliphatic heterocycles. The van der Waals surface area contributed by atoms with Gasteiger partial charge in [0.05, 0.1) is 11.9 Å². The molecule has 4 aromatic rings. The number of nitrogens with zero attached hydrogens (tertiary/aromatic N) is 4. The monoisotopic (exact) mass is 399 g/mol. The molecule has 0 fully saturated rings. The number of halogens is 3. The zero-order valence-corrected chi connectivity index (χ0v) is 14.6. The van der Waals surface area contributed by atoms with Crippen LogP contribution in [0.3, 0.4) is 0 Å². The van der Waals surface area contributed by atoms with Crippen molar-refractivity contribution < 1.29 is 22.7 Å². The van der Waals surface area contributed by atoms with E-state index in [2.05, 4.69) is 25.1 Å². The second-order valence-electron chi connectivity index (χ2n) is 5.85. The van der Waals surface area contributed by atoms with E-state index in [1.54, 1.807) is 30.3 Å². The number of benzene rings is 1. The first-order chi connectivity index (χ1) is 13.9. The molecule has 0 atom stereocenters. The van der Waals surface area contributed by atoms with E-state index in [4.69, 9.17) is 0 Å². The van der Waals surface area contributed by atoms with Crippen LogP contribution in [-0.4, -0.2) is 31.9 Å². The van der Waals surface area contributed by atoms with E-state index in [1.807, 2.05) is 0 Å². The molecule has 0 saturated carbocycles. The Bertz CT molecular complexity index is 1180. The molecule has 7 nitrogen and oxygen atoms in total. The van der Waals surface area contributed by atoms with Crippen molar-refractivity contribution in [1.82, 2.24) is 19.6 Å². The maximum Gasteiger partial charge on any atom is 0.573 e. The number of amides is 1. The average molecular weight is 399 g/mol. The van der Waals surface area contributed by atoms with Crippen LogP contribution in [0.25, 0.3) is 16.9 Å². The summed E-state index contributed by atoms with van der Waals surface area (Å²) in [6, 6.07) is 13.7. The largest absolute Gasteiger partial charge is 0.573 e. The molecule has 29 heavy (non-hydrogen) atoms. The molecule has 0 aliphatic rings. The number of nitrogens with one attached hydrogen (secondary N) is 1. The van der Waals surface area contributed by atoms with Crippen LogP contribution in [0.2, 0.25) is 0 Å². The maximum absolute atomic E-state index is 12.7. The van der Waals surface area contributed by atoms with Crippen molar-refractivity contribution in [1.29, 1.82) is 0 Å². The molecular weight excluding hydrogens is 387 g/mol. The van der Waals surface area contributed by atoms with E-state index in [-0.39, 0.29) is 17.0 Å². The Morgan fingerprint density at radius 1 is 1.00 bits per heavy atom. The first-order valence-electron chi connectivity index (χ1n) is 8.33. The summed E-state index contributed by atoms with van der Waals surface area (Å²) in [4.78, 5) is 20.7. The predicted molar refractivity (Wildman–Crippen MR) is 97.3 cm³/mol. The molecule has 0 radical (unpaired) electrons. The van der Waals surface area contributed by atoms with E-state index < -0.39 is 18.0 Å². The lowest BCUT2D eigenvalue weighted by Gasteiger charge is -2.13. The number of carbonyl (C=O) groups excluding carboxylic acids is 1. The van der Waals surface area contributed by atoms with Crippen LogP contribution in [0.15, 0.2) is 67.0 Å². The fourth-order valence-corrected chi connectivity index (χ4v) is 2.68. The van der Waals surface area contributed by atoms with Crippen molar-refractivity contribution in [3.63, 3.8) is 0 Å². The quantitative estimate of drug-likeness (QED) is 0.562. The lowest BCUT2D eigenvalue weighted by molar-refractivity contribution is -0.274. The van der Waals surface area contributed by atoms with Gasteiger partial charge in [0, 0.05) is 11.8 Å². The van der Waals surface area contributed by atoms with Gasteiger partial charge in [-0.1, -0.05) is 18.2 Å². The smallest absolute Gasteiger partial charge is 0.405 e. The Kier molecular flexibility index (Phi) is 4.59. The van der Waals surface area contributed by atoms with Gasteiger partial charge in [-0.3, -0.25) is 4.79 Å². The highest BCUT2D eigenvalue weighted by Crippen LogP contribution is 2.32. The van der Waals surface area contributed by atoms with Crippen LogP contribution in [0.4, 0.5) is 19.0 Å². The number of ether oxygens (including phenoxy) is 1. The Balaban J connectivity index is 1.72. The molecule has 0 bridgehead atoms. The van der Waals surface area contributed by atoms with Crippen LogP contribution in [0.5, 0.6) is 5.75 Å². The van der Waals surface area contributed by atoms with Crippen molar-refractivity contribution in [2.24, 2.45) is 0 Å². The summed E-state index contributed by atoms with van der Waals surface area (Å²) in [6.45, 7) is 0. The number of hydrogen-bond donors (Lipinski definition) is 1. The van der Waals surface area contributed by atoms with E-state index in [1.165, 1.54) is 41.2 Å². The van der Waals surface area contributed by atoms with Gasteiger partial charge >= 0.3 is 6.36 Å². The number of aromatic nitrogens is 4. The summed E-state index contributed by atoms with van der Waals surface area (Å²) in [5.74, 6) is -0.570. The second kappa shape index (κ2) is 7.23. The minimum Gasteiger partial charge on any atom is -0.405 e. The minimum atomic E-state index is -4.84. The first kappa shape index (κ1) is 18.4. The lowest BCUT2D eigenvalue weighted by atomic mass is 10.1. The molecule has 0 unspecified atom stereocenters. The first-order valence-corrected chi connectivity index (χ1v) is 8.33. The zero-order chi connectivity index (χ0) is 20.4. The molecule has 1 aromatic carbocycles. The second-order valence-corrected chi connectivity index (χ2v) is 5.85. The van der Waals surface area contributed by atoms with E-state index in [0.29, 0.717) is 11.5 Å². The topological polar surface area (TPSA) is 81.4 Å². The number of rotatable bonds is 4. The summed E-state index contributed by atoms with van der Waals surface area (Å²) in [5, 5.41) is 6.90. The maximum atomic E-state index is 12.7. The molecule has 146 valence electrons. The summed E-state index contributed by atoms with van der Waals surface area (Å²) in [6.07, 6.45) is -2.00. The SMILES string of the molecule is O=C(Nc1ccccn1)c1cnc2ccc(-c3ccccc3OC(F)(F)F)nn12. The van der Waals surface area contributed by atoms with Gasteiger partial charge < -0.3 is 10.1 Å². The van der Waals surface area contributed by atoms with Gasteiger partial charge in [-0.15, -0.1) is 13.2 Å². The lowest BCUT2D eigenvalue weighted by Crippen LogP contribution is -2.18. The third kappa shape index (κ3) is 4.00. The van der Waals surface area contributed by atoms with Crippen molar-refractivity contribution >= 4 is 17.4 Å². The summed E-state index contributed by atoms with van der Waals surface area (Å²) >= 11 is 0. The molecule has 10 heteroatoms. The Morgan fingerprint density at radius 2 is 1.79 bits per heavy atom. The number of hydrogen-bond acceptors (Lipinski definition) is 5. The van der Waals surface area contributed by atoms with Crippen LogP contribution in [0.1, 0.15) is 10.5 Å². The molecule has 0 aliphatic carbocycles. The highest BCUT2D eigenvalue weighted by atomic mass is 19.4. The predicted octanol–water partition coefficient (Wildman–Crippen LogP) is 3.94. The molecular formula is C19H12F3N5O2. The van der Waals surface area contributed by atoms with E-state index in [0.717, 1.165) is 0 Å². The van der Waals surface area contributed by atoms with Crippen LogP contribution >= 0.6 is 0 Å². The minimum absolute atomic E-state index is 0.0988. The highest BCUT2D eigenvalue weighted by Gasteiger charge is 2.32. The number of para-hydroxylation sites is 1. The number of anilines is 1. The third-order valence-corrected chi connectivity index (χ3v) is 3.89. The molecule has 4 rings (SSSR count). The number of fused-ring (bicyclic) bond motifs is 1. The Hall–Kier alpha value is -3.95. The number of imidazole rings is 1. The van der Waals surface area contributed by atoms with Gasteiger partial charge in [0.1, 0.15) is 11.6 Å².